The van der Waals surface area contributed by atoms with Crippen LogP contribution in [0.4, 0.5) is 0 Å². The third-order valence-electron chi connectivity index (χ3n) is 3.68. The van der Waals surface area contributed by atoms with Crippen molar-refractivity contribution >= 4 is 11.6 Å². The Morgan fingerprint density at radius 3 is 2.25 bits per heavy atom. The molecule has 1 aromatic rings. The van der Waals surface area contributed by atoms with Crippen molar-refractivity contribution in [2.24, 2.45) is 5.92 Å². The predicted molar refractivity (Wildman–Crippen MR) is 71.0 cm³/mol. The van der Waals surface area contributed by atoms with Crippen LogP contribution in [0.3, 0.4) is 0 Å². The lowest BCUT2D eigenvalue weighted by atomic mass is 9.92. The molecule has 1 unspecified atom stereocenters. The number of hydrogen-bond donors (Lipinski definition) is 0. The first-order valence-corrected chi connectivity index (χ1v) is 6.98. The summed E-state index contributed by atoms with van der Waals surface area (Å²) in [6.07, 6.45) is 9.28. The molecule has 16 heavy (non-hydrogen) atoms. The second-order valence-corrected chi connectivity index (χ2v) is 5.52. The first kappa shape index (κ1) is 12.0. The fourth-order valence-corrected chi connectivity index (χ4v) is 3.11. The van der Waals surface area contributed by atoms with Gasteiger partial charge in [0.25, 0.3) is 0 Å². The van der Waals surface area contributed by atoms with Gasteiger partial charge in [-0.2, -0.15) is 0 Å². The zero-order valence-corrected chi connectivity index (χ0v) is 10.6. The van der Waals surface area contributed by atoms with Gasteiger partial charge in [0.2, 0.25) is 0 Å². The number of benzene rings is 1. The Morgan fingerprint density at radius 2 is 1.62 bits per heavy atom. The van der Waals surface area contributed by atoms with Gasteiger partial charge in [0, 0.05) is 5.38 Å². The van der Waals surface area contributed by atoms with Gasteiger partial charge >= 0.3 is 0 Å². The third kappa shape index (κ3) is 3.52. The molecule has 1 fully saturated rings. The van der Waals surface area contributed by atoms with E-state index in [0.717, 1.165) is 12.3 Å². The lowest BCUT2D eigenvalue weighted by molar-refractivity contribution is 0.435. The van der Waals surface area contributed by atoms with Gasteiger partial charge in [-0.15, -0.1) is 11.6 Å². The SMILES string of the molecule is ClC(Cc1ccccc1)C1CCCCCC1. The minimum Gasteiger partial charge on any atom is -0.122 e. The topological polar surface area (TPSA) is 0 Å². The summed E-state index contributed by atoms with van der Waals surface area (Å²) in [4.78, 5) is 0. The Hall–Kier alpha value is -0.490. The van der Waals surface area contributed by atoms with Crippen LogP contribution in [0.15, 0.2) is 30.3 Å². The molecule has 1 atom stereocenters. The Morgan fingerprint density at radius 1 is 1.00 bits per heavy atom. The molecule has 0 aliphatic heterocycles. The summed E-state index contributed by atoms with van der Waals surface area (Å²) in [6.45, 7) is 0. The lowest BCUT2D eigenvalue weighted by Gasteiger charge is -2.20. The zero-order valence-electron chi connectivity index (χ0n) is 9.87. The van der Waals surface area contributed by atoms with Crippen molar-refractivity contribution in [3.05, 3.63) is 35.9 Å². The van der Waals surface area contributed by atoms with E-state index in [2.05, 4.69) is 30.3 Å². The fourth-order valence-electron chi connectivity index (χ4n) is 2.68. The van der Waals surface area contributed by atoms with Crippen LogP contribution in [0.25, 0.3) is 0 Å². The van der Waals surface area contributed by atoms with Gasteiger partial charge < -0.3 is 0 Å². The number of halogens is 1. The molecule has 1 aliphatic rings. The van der Waals surface area contributed by atoms with Crippen LogP contribution in [0.5, 0.6) is 0 Å². The van der Waals surface area contributed by atoms with Crippen LogP contribution in [-0.4, -0.2) is 5.38 Å². The van der Waals surface area contributed by atoms with Crippen LogP contribution in [0.1, 0.15) is 44.1 Å². The Balaban J connectivity index is 1.89. The monoisotopic (exact) mass is 236 g/mol. The van der Waals surface area contributed by atoms with E-state index >= 15 is 0 Å². The Bertz CT molecular complexity index is 286. The van der Waals surface area contributed by atoms with Gasteiger partial charge in [-0.3, -0.25) is 0 Å². The van der Waals surface area contributed by atoms with E-state index in [4.69, 9.17) is 11.6 Å². The average Bonchev–Trinajstić information content (AvgIpc) is 2.59. The van der Waals surface area contributed by atoms with Crippen molar-refractivity contribution in [3.63, 3.8) is 0 Å². The fraction of sp³-hybridized carbons (Fsp3) is 0.600. The first-order valence-electron chi connectivity index (χ1n) is 6.54. The molecule has 2 rings (SSSR count). The van der Waals surface area contributed by atoms with Gasteiger partial charge in [0.1, 0.15) is 0 Å². The molecule has 0 heterocycles. The Labute approximate surface area is 104 Å². The molecule has 1 aliphatic carbocycles. The summed E-state index contributed by atoms with van der Waals surface area (Å²) in [7, 11) is 0. The molecule has 0 radical (unpaired) electrons. The highest BCUT2D eigenvalue weighted by Gasteiger charge is 2.20. The van der Waals surface area contributed by atoms with Crippen LogP contribution in [0, 0.1) is 5.92 Å². The largest absolute Gasteiger partial charge is 0.122 e. The zero-order chi connectivity index (χ0) is 11.2. The standard InChI is InChI=1S/C15H21Cl/c16-15(12-13-8-4-3-5-9-13)14-10-6-1-2-7-11-14/h3-5,8-9,14-15H,1-2,6-7,10-12H2. The number of rotatable bonds is 3. The van der Waals surface area contributed by atoms with Crippen LogP contribution in [-0.2, 0) is 6.42 Å². The van der Waals surface area contributed by atoms with E-state index in [-0.39, 0.29) is 0 Å². The maximum atomic E-state index is 6.57. The minimum atomic E-state index is 0.334. The van der Waals surface area contributed by atoms with E-state index in [1.54, 1.807) is 0 Å². The predicted octanol–water partition coefficient (Wildman–Crippen LogP) is 4.81. The highest BCUT2D eigenvalue weighted by molar-refractivity contribution is 6.20. The maximum Gasteiger partial charge on any atom is 0.0404 e. The number of hydrogen-bond acceptors (Lipinski definition) is 0. The second-order valence-electron chi connectivity index (χ2n) is 4.96. The molecule has 88 valence electrons. The summed E-state index contributed by atoms with van der Waals surface area (Å²) >= 11 is 6.57. The molecule has 0 spiro atoms. The summed E-state index contributed by atoms with van der Waals surface area (Å²) < 4.78 is 0. The van der Waals surface area contributed by atoms with Crippen molar-refractivity contribution < 1.29 is 0 Å². The summed E-state index contributed by atoms with van der Waals surface area (Å²) in [5.74, 6) is 0.740. The number of alkyl halides is 1. The molecule has 0 N–H and O–H groups in total. The highest BCUT2D eigenvalue weighted by atomic mass is 35.5. The quantitative estimate of drug-likeness (QED) is 0.522. The molecule has 0 nitrogen and oxygen atoms in total. The maximum absolute atomic E-state index is 6.57. The van der Waals surface area contributed by atoms with Gasteiger partial charge in [0.05, 0.1) is 0 Å². The average molecular weight is 237 g/mol. The highest BCUT2D eigenvalue weighted by Crippen LogP contribution is 2.29. The van der Waals surface area contributed by atoms with Crippen molar-refractivity contribution in [1.29, 1.82) is 0 Å². The molecule has 1 aromatic carbocycles. The van der Waals surface area contributed by atoms with E-state index in [0.29, 0.717) is 5.38 Å². The summed E-state index contributed by atoms with van der Waals surface area (Å²) in [5, 5.41) is 0.334. The van der Waals surface area contributed by atoms with Crippen LogP contribution < -0.4 is 0 Å². The lowest BCUT2D eigenvalue weighted by Crippen LogP contribution is -2.16. The molecule has 0 saturated heterocycles. The van der Waals surface area contributed by atoms with E-state index < -0.39 is 0 Å². The molecular formula is C15H21Cl. The van der Waals surface area contributed by atoms with Gasteiger partial charge in [-0.25, -0.2) is 0 Å². The van der Waals surface area contributed by atoms with Crippen molar-refractivity contribution in [3.8, 4) is 0 Å². The van der Waals surface area contributed by atoms with Gasteiger partial charge in [-0.1, -0.05) is 56.0 Å². The van der Waals surface area contributed by atoms with Crippen LogP contribution >= 0.6 is 11.6 Å². The minimum absolute atomic E-state index is 0.334. The molecule has 1 saturated carbocycles. The Kier molecular flexibility index (Phi) is 4.71. The van der Waals surface area contributed by atoms with Crippen molar-refractivity contribution in [1.82, 2.24) is 0 Å². The second kappa shape index (κ2) is 6.30. The smallest absolute Gasteiger partial charge is 0.0404 e. The molecule has 1 heteroatoms. The summed E-state index contributed by atoms with van der Waals surface area (Å²) in [6, 6.07) is 10.6. The van der Waals surface area contributed by atoms with E-state index in [9.17, 15) is 0 Å². The van der Waals surface area contributed by atoms with Crippen molar-refractivity contribution in [2.45, 2.75) is 50.3 Å². The summed E-state index contributed by atoms with van der Waals surface area (Å²) in [5.41, 5.74) is 1.38. The van der Waals surface area contributed by atoms with E-state index in [1.165, 1.54) is 44.1 Å². The van der Waals surface area contributed by atoms with Crippen LogP contribution in [0.2, 0.25) is 0 Å². The van der Waals surface area contributed by atoms with E-state index in [1.807, 2.05) is 0 Å². The molecule has 0 aromatic heterocycles. The van der Waals surface area contributed by atoms with Gasteiger partial charge in [-0.05, 0) is 30.7 Å². The molecular weight excluding hydrogens is 216 g/mol. The van der Waals surface area contributed by atoms with Gasteiger partial charge in [0.15, 0.2) is 0 Å². The third-order valence-corrected chi connectivity index (χ3v) is 4.20. The first-order chi connectivity index (χ1) is 7.86. The molecule has 0 amide bonds. The van der Waals surface area contributed by atoms with Crippen molar-refractivity contribution in [2.75, 3.05) is 0 Å². The molecule has 0 bridgehead atoms. The normalized spacial score (nSPS) is 20.3.